The number of rotatable bonds is 18. The lowest BCUT2D eigenvalue weighted by Gasteiger charge is -2.27. The van der Waals surface area contributed by atoms with Crippen molar-refractivity contribution < 1.29 is 24.1 Å². The van der Waals surface area contributed by atoms with Crippen LogP contribution in [-0.2, 0) is 0 Å². The fourth-order valence-corrected chi connectivity index (χ4v) is 5.17. The molecule has 1 heterocycles. The molecule has 0 aromatic heterocycles. The number of non-ortho nitro benzene ring substituents is 1. The van der Waals surface area contributed by atoms with Gasteiger partial charge >= 0.3 is 0 Å². The van der Waals surface area contributed by atoms with E-state index in [-0.39, 0.29) is 83.3 Å². The van der Waals surface area contributed by atoms with Gasteiger partial charge in [-0.25, -0.2) is 4.90 Å². The largest absolute Gasteiger partial charge is 0.352 e. The van der Waals surface area contributed by atoms with Crippen LogP contribution in [0.3, 0.4) is 0 Å². The number of halogens is 4. The maximum absolute atomic E-state index is 13.8. The van der Waals surface area contributed by atoms with Crippen molar-refractivity contribution in [3.63, 3.8) is 0 Å². The quantitative estimate of drug-likeness (QED) is 0.0480. The van der Waals surface area contributed by atoms with Crippen LogP contribution in [-0.4, -0.2) is 80.9 Å². The van der Waals surface area contributed by atoms with Gasteiger partial charge in [0.15, 0.2) is 0 Å². The molecule has 276 valence electrons. The minimum Gasteiger partial charge on any atom is -0.352 e. The normalized spacial score (nSPS) is 11.4. The third kappa shape index (κ3) is 11.7. The Labute approximate surface area is 315 Å². The van der Waals surface area contributed by atoms with Crippen molar-refractivity contribution in [2.45, 2.75) is 25.7 Å². The van der Waals surface area contributed by atoms with Gasteiger partial charge in [0.2, 0.25) is 0 Å². The summed E-state index contributed by atoms with van der Waals surface area (Å²) < 4.78 is 0. The summed E-state index contributed by atoms with van der Waals surface area (Å²) in [4.78, 5) is 66.0. The Morgan fingerprint density at radius 3 is 1.68 bits per heavy atom. The predicted octanol–water partition coefficient (Wildman–Crippen LogP) is 3.35. The Hall–Kier alpha value is -3.60. The molecule has 0 saturated heterocycles. The fourth-order valence-electron chi connectivity index (χ4n) is 5.17. The monoisotopic (exact) mass is 776 g/mol. The summed E-state index contributed by atoms with van der Waals surface area (Å²) >= 11 is 0. The van der Waals surface area contributed by atoms with Crippen molar-refractivity contribution in [2.75, 3.05) is 57.3 Å². The van der Waals surface area contributed by atoms with E-state index in [1.165, 1.54) is 30.3 Å². The number of imide groups is 1. The number of benzene rings is 3. The van der Waals surface area contributed by atoms with Crippen molar-refractivity contribution in [1.82, 2.24) is 21.3 Å². The number of nitrogens with zero attached hydrogens (tertiary/aromatic N) is 2. The van der Waals surface area contributed by atoms with E-state index >= 15 is 0 Å². The van der Waals surface area contributed by atoms with Gasteiger partial charge in [0.25, 0.3) is 29.3 Å². The number of nitrogens with two attached hydrogens (primary N) is 2. The molecule has 0 spiro atoms. The van der Waals surface area contributed by atoms with Gasteiger partial charge in [-0.3, -0.25) is 29.3 Å². The lowest BCUT2D eigenvalue weighted by atomic mass is 9.92. The van der Waals surface area contributed by atoms with Crippen LogP contribution < -0.4 is 37.6 Å². The summed E-state index contributed by atoms with van der Waals surface area (Å²) in [5.74, 6) is -2.45. The molecule has 3 aromatic rings. The molecule has 3 aromatic carbocycles. The third-order valence-corrected chi connectivity index (χ3v) is 7.49. The van der Waals surface area contributed by atoms with Crippen LogP contribution in [0.2, 0.25) is 0 Å². The molecule has 50 heavy (non-hydrogen) atoms. The molecule has 0 atom stereocenters. The maximum Gasteiger partial charge on any atom is 0.270 e. The molecule has 0 saturated carbocycles. The van der Waals surface area contributed by atoms with E-state index in [1.54, 1.807) is 12.1 Å². The summed E-state index contributed by atoms with van der Waals surface area (Å²) in [5, 5.41) is 24.4. The van der Waals surface area contributed by atoms with E-state index in [0.717, 1.165) is 36.9 Å². The van der Waals surface area contributed by atoms with E-state index < -0.39 is 28.6 Å². The molecule has 4 rings (SSSR count). The van der Waals surface area contributed by atoms with E-state index in [9.17, 15) is 29.3 Å². The second-order valence-electron chi connectivity index (χ2n) is 10.9. The number of carbonyl (C=O) groups excluding carboxylic acids is 4. The molecular weight excluding hydrogens is 734 g/mol. The first-order valence-corrected chi connectivity index (χ1v) is 15.4. The Balaban J connectivity index is 0.00000600. The average Bonchev–Trinajstić information content (AvgIpc) is 3.05. The number of anilines is 1. The van der Waals surface area contributed by atoms with Crippen molar-refractivity contribution in [3.05, 3.63) is 80.9 Å². The number of nitrogens with one attached hydrogen (secondary N) is 4. The number of hydrogen-bond acceptors (Lipinski definition) is 10. The van der Waals surface area contributed by atoms with Crippen LogP contribution in [0.25, 0.3) is 10.8 Å². The zero-order chi connectivity index (χ0) is 33.1. The lowest BCUT2D eigenvalue weighted by Crippen LogP contribution is -2.41. The number of amides is 4. The van der Waals surface area contributed by atoms with Crippen LogP contribution in [0.1, 0.15) is 67.1 Å². The van der Waals surface area contributed by atoms with Crippen molar-refractivity contribution in [2.24, 2.45) is 11.5 Å². The molecule has 8 N–H and O–H groups in total. The van der Waals surface area contributed by atoms with Crippen molar-refractivity contribution >= 4 is 95.4 Å². The van der Waals surface area contributed by atoms with Gasteiger partial charge in [0, 0.05) is 47.3 Å². The molecule has 0 fully saturated rings. The fraction of sp³-hybridized carbons (Fsp3) is 0.375. The van der Waals surface area contributed by atoms with Crippen molar-refractivity contribution in [3.8, 4) is 0 Å². The highest BCUT2D eigenvalue weighted by Crippen LogP contribution is 2.36. The number of hydrogen-bond donors (Lipinski definition) is 6. The van der Waals surface area contributed by atoms with Crippen LogP contribution in [0.4, 0.5) is 11.4 Å². The molecule has 18 heteroatoms. The zero-order valence-electron chi connectivity index (χ0n) is 27.2. The topological polar surface area (TPSA) is 215 Å². The second kappa shape index (κ2) is 23.0. The first kappa shape index (κ1) is 46.4. The molecule has 1 aliphatic heterocycles. The highest BCUT2D eigenvalue weighted by atomic mass is 35.5. The minimum absolute atomic E-state index is 0. The molecule has 0 bridgehead atoms. The molecule has 14 nitrogen and oxygen atoms in total. The zero-order valence-corrected chi connectivity index (χ0v) is 30.5. The number of carbonyl (C=O) groups is 4. The van der Waals surface area contributed by atoms with E-state index in [4.69, 9.17) is 11.5 Å². The Morgan fingerprint density at radius 1 is 0.680 bits per heavy atom. The summed E-state index contributed by atoms with van der Waals surface area (Å²) in [6, 6.07) is 11.3. The van der Waals surface area contributed by atoms with Gasteiger partial charge in [-0.05, 0) is 94.6 Å². The SMILES string of the molecule is Cl.Cl.Cl.Cl.NCCCNCCCNC(=O)c1cc(C(=O)NCCCNCCCN)cc(N2C(=O)c3cccc4cc([N+](=O)[O-])cc(c34)C2=O)c1. The average molecular weight is 779 g/mol. The van der Waals surface area contributed by atoms with Gasteiger partial charge in [-0.15, -0.1) is 49.6 Å². The Kier molecular flexibility index (Phi) is 21.3. The molecule has 4 amide bonds. The number of nitro benzene ring substituents is 1. The Bertz CT molecular complexity index is 1580. The summed E-state index contributed by atoms with van der Waals surface area (Å²) in [5.41, 5.74) is 11.0. The molecule has 0 unspecified atom stereocenters. The second-order valence-corrected chi connectivity index (χ2v) is 10.9. The van der Waals surface area contributed by atoms with Gasteiger partial charge in [-0.1, -0.05) is 12.1 Å². The molecule has 0 radical (unpaired) electrons. The Morgan fingerprint density at radius 2 is 1.18 bits per heavy atom. The van der Waals surface area contributed by atoms with E-state index in [2.05, 4.69) is 21.3 Å². The summed E-state index contributed by atoms with van der Waals surface area (Å²) in [6.07, 6.45) is 2.97. The number of nitro groups is 1. The van der Waals surface area contributed by atoms with E-state index in [1.807, 2.05) is 0 Å². The van der Waals surface area contributed by atoms with Crippen LogP contribution in [0, 0.1) is 10.1 Å². The summed E-state index contributed by atoms with van der Waals surface area (Å²) in [6.45, 7) is 4.74. The maximum atomic E-state index is 13.8. The lowest BCUT2D eigenvalue weighted by molar-refractivity contribution is -0.384. The van der Waals surface area contributed by atoms with E-state index in [0.29, 0.717) is 62.9 Å². The molecule has 0 aliphatic carbocycles. The minimum atomic E-state index is -0.798. The predicted molar refractivity (Wildman–Crippen MR) is 204 cm³/mol. The molecule has 1 aliphatic rings. The highest BCUT2D eigenvalue weighted by Gasteiger charge is 2.36. The van der Waals surface area contributed by atoms with Gasteiger partial charge in [-0.2, -0.15) is 0 Å². The van der Waals surface area contributed by atoms with Gasteiger partial charge in [0.05, 0.1) is 16.2 Å². The highest BCUT2D eigenvalue weighted by molar-refractivity contribution is 6.36. The van der Waals surface area contributed by atoms with Gasteiger partial charge in [0.1, 0.15) is 0 Å². The van der Waals surface area contributed by atoms with Crippen LogP contribution in [0.5, 0.6) is 0 Å². The first-order valence-electron chi connectivity index (χ1n) is 15.4. The van der Waals surface area contributed by atoms with Crippen LogP contribution in [0.15, 0.2) is 48.5 Å². The van der Waals surface area contributed by atoms with Crippen molar-refractivity contribution in [1.29, 1.82) is 0 Å². The summed E-state index contributed by atoms with van der Waals surface area (Å²) in [7, 11) is 0. The van der Waals surface area contributed by atoms with Crippen LogP contribution >= 0.6 is 49.6 Å². The first-order chi connectivity index (χ1) is 22.3. The molecular formula is C32H44Cl4N8O6. The smallest absolute Gasteiger partial charge is 0.270 e. The third-order valence-electron chi connectivity index (χ3n) is 7.49. The standard InChI is InChI=1S/C32H40N8O6.4ClH/c33-8-2-10-35-12-4-14-37-29(41)22-16-23(30(42)38-15-5-13-36-11-3-9-34)19-24(18-22)39-31(43)26-7-1-6-21-17-25(40(45)46)20-27(28(21)26)32(39)44;;;;/h1,6-7,16-20,35-36H,2-5,8-15,33-34H2,(H,37,41)(H,38,42);4*1H. The van der Waals surface area contributed by atoms with Gasteiger partial charge < -0.3 is 32.7 Å².